The average Bonchev–Trinajstić information content (AvgIpc) is 2.84. The molecule has 3 aromatic rings. The Morgan fingerprint density at radius 1 is 0.886 bits per heavy atom. The minimum atomic E-state index is -4.43. The lowest BCUT2D eigenvalue weighted by molar-refractivity contribution is -0.137. The van der Waals surface area contributed by atoms with Crippen LogP contribution in [0.1, 0.15) is 27.9 Å². The summed E-state index contributed by atoms with van der Waals surface area (Å²) >= 11 is 0. The SMILES string of the molecule is COC(=O)NCCCNc1ccc(NC(=O)c2cccc(C)c2-c2ccc(C(F)(F)F)cc2)cc1. The van der Waals surface area contributed by atoms with Crippen LogP contribution in [0, 0.1) is 6.92 Å². The number of ether oxygens (including phenoxy) is 1. The summed E-state index contributed by atoms with van der Waals surface area (Å²) in [5.41, 5.74) is 2.94. The number of benzene rings is 3. The van der Waals surface area contributed by atoms with Gasteiger partial charge in [-0.25, -0.2) is 4.79 Å². The molecule has 0 aliphatic rings. The Kier molecular flexibility index (Phi) is 8.35. The lowest BCUT2D eigenvalue weighted by Gasteiger charge is -2.15. The molecular weight excluding hydrogens is 459 g/mol. The molecule has 0 saturated carbocycles. The van der Waals surface area contributed by atoms with E-state index >= 15 is 0 Å². The average molecular weight is 486 g/mol. The molecule has 184 valence electrons. The zero-order valence-electron chi connectivity index (χ0n) is 19.3. The van der Waals surface area contributed by atoms with Gasteiger partial charge in [-0.05, 0) is 72.5 Å². The first-order valence-corrected chi connectivity index (χ1v) is 10.9. The molecule has 35 heavy (non-hydrogen) atoms. The Morgan fingerprint density at radius 3 is 2.17 bits per heavy atom. The molecule has 0 radical (unpaired) electrons. The Labute approximate surface area is 201 Å². The van der Waals surface area contributed by atoms with Gasteiger partial charge in [0.05, 0.1) is 12.7 Å². The number of carbonyl (C=O) groups excluding carboxylic acids is 2. The molecule has 3 aromatic carbocycles. The number of alkyl halides is 3. The summed E-state index contributed by atoms with van der Waals surface area (Å²) in [6.45, 7) is 2.92. The van der Waals surface area contributed by atoms with Gasteiger partial charge in [-0.3, -0.25) is 4.79 Å². The van der Waals surface area contributed by atoms with Crippen molar-refractivity contribution in [3.8, 4) is 11.1 Å². The third-order valence-electron chi connectivity index (χ3n) is 5.30. The maximum Gasteiger partial charge on any atom is 0.416 e. The van der Waals surface area contributed by atoms with E-state index in [1.165, 1.54) is 19.2 Å². The standard InChI is InChI=1S/C26H26F3N3O3/c1-17-5-3-6-22(23(17)18-7-9-19(10-8-18)26(27,28)29)24(33)32-21-13-11-20(12-14-21)30-15-4-16-31-25(34)35-2/h3,5-14,30H,4,15-16H2,1-2H3,(H,31,34)(H,32,33). The van der Waals surface area contributed by atoms with E-state index in [4.69, 9.17) is 0 Å². The van der Waals surface area contributed by atoms with Crippen molar-refractivity contribution < 1.29 is 27.5 Å². The highest BCUT2D eigenvalue weighted by atomic mass is 19.4. The van der Waals surface area contributed by atoms with Gasteiger partial charge >= 0.3 is 12.3 Å². The van der Waals surface area contributed by atoms with Crippen LogP contribution >= 0.6 is 0 Å². The van der Waals surface area contributed by atoms with E-state index in [1.54, 1.807) is 24.3 Å². The highest BCUT2D eigenvalue weighted by molar-refractivity contribution is 6.09. The summed E-state index contributed by atoms with van der Waals surface area (Å²) in [6.07, 6.45) is -4.20. The van der Waals surface area contributed by atoms with Crippen LogP contribution in [0.3, 0.4) is 0 Å². The number of rotatable bonds is 8. The summed E-state index contributed by atoms with van der Waals surface area (Å²) in [4.78, 5) is 24.1. The van der Waals surface area contributed by atoms with E-state index in [0.29, 0.717) is 41.9 Å². The highest BCUT2D eigenvalue weighted by Gasteiger charge is 2.30. The van der Waals surface area contributed by atoms with E-state index in [1.807, 2.05) is 25.1 Å². The quantitative estimate of drug-likeness (QED) is 0.337. The van der Waals surface area contributed by atoms with Crippen molar-refractivity contribution >= 4 is 23.4 Å². The molecule has 9 heteroatoms. The molecule has 2 amide bonds. The van der Waals surface area contributed by atoms with Gasteiger partial charge in [0.2, 0.25) is 0 Å². The lowest BCUT2D eigenvalue weighted by Crippen LogP contribution is -2.25. The van der Waals surface area contributed by atoms with Gasteiger partial charge in [0.25, 0.3) is 5.91 Å². The molecule has 0 aliphatic carbocycles. The summed E-state index contributed by atoms with van der Waals surface area (Å²) < 4.78 is 43.3. The molecule has 0 aromatic heterocycles. The predicted octanol–water partition coefficient (Wildman–Crippen LogP) is 6.09. The molecule has 0 fully saturated rings. The summed E-state index contributed by atoms with van der Waals surface area (Å²) in [6, 6.07) is 17.1. The second-order valence-corrected chi connectivity index (χ2v) is 7.80. The molecular formula is C26H26F3N3O3. The normalized spacial score (nSPS) is 11.0. The van der Waals surface area contributed by atoms with Crippen molar-refractivity contribution in [3.63, 3.8) is 0 Å². The fourth-order valence-electron chi connectivity index (χ4n) is 3.52. The fourth-order valence-corrected chi connectivity index (χ4v) is 3.52. The predicted molar refractivity (Wildman–Crippen MR) is 130 cm³/mol. The number of hydrogen-bond donors (Lipinski definition) is 3. The van der Waals surface area contributed by atoms with Gasteiger partial charge in [-0.2, -0.15) is 13.2 Å². The Balaban J connectivity index is 1.66. The molecule has 3 N–H and O–H groups in total. The van der Waals surface area contributed by atoms with Crippen LogP contribution in [0.2, 0.25) is 0 Å². The zero-order chi connectivity index (χ0) is 25.4. The summed E-state index contributed by atoms with van der Waals surface area (Å²) in [5, 5.41) is 8.66. The number of carbonyl (C=O) groups is 2. The van der Waals surface area contributed by atoms with Crippen LogP contribution in [-0.4, -0.2) is 32.2 Å². The van der Waals surface area contributed by atoms with Gasteiger partial charge in [0.1, 0.15) is 0 Å². The number of aryl methyl sites for hydroxylation is 1. The topological polar surface area (TPSA) is 79.5 Å². The number of hydrogen-bond acceptors (Lipinski definition) is 4. The van der Waals surface area contributed by atoms with E-state index < -0.39 is 17.8 Å². The van der Waals surface area contributed by atoms with Crippen molar-refractivity contribution in [1.82, 2.24) is 5.32 Å². The van der Waals surface area contributed by atoms with Crippen molar-refractivity contribution in [2.24, 2.45) is 0 Å². The first kappa shape index (κ1) is 25.6. The summed E-state index contributed by atoms with van der Waals surface area (Å²) in [5.74, 6) is -0.363. The number of amides is 2. The first-order valence-electron chi connectivity index (χ1n) is 10.9. The van der Waals surface area contributed by atoms with Gasteiger partial charge in [-0.15, -0.1) is 0 Å². The van der Waals surface area contributed by atoms with E-state index in [-0.39, 0.29) is 5.91 Å². The Hall–Kier alpha value is -4.01. The van der Waals surface area contributed by atoms with Crippen LogP contribution in [0.4, 0.5) is 29.3 Å². The van der Waals surface area contributed by atoms with Gasteiger partial charge < -0.3 is 20.7 Å². The zero-order valence-corrected chi connectivity index (χ0v) is 19.3. The molecule has 0 saturated heterocycles. The number of methoxy groups -OCH3 is 1. The van der Waals surface area contributed by atoms with Crippen LogP contribution < -0.4 is 16.0 Å². The molecule has 6 nitrogen and oxygen atoms in total. The number of anilines is 2. The first-order chi connectivity index (χ1) is 16.7. The Morgan fingerprint density at radius 2 is 1.54 bits per heavy atom. The molecule has 0 atom stereocenters. The smallest absolute Gasteiger partial charge is 0.416 e. The Bertz CT molecular complexity index is 1160. The molecule has 0 spiro atoms. The van der Waals surface area contributed by atoms with Crippen LogP contribution in [0.15, 0.2) is 66.7 Å². The van der Waals surface area contributed by atoms with E-state index in [0.717, 1.165) is 23.4 Å². The number of nitrogens with one attached hydrogen (secondary N) is 3. The van der Waals surface area contributed by atoms with Crippen LogP contribution in [0.5, 0.6) is 0 Å². The van der Waals surface area contributed by atoms with Gasteiger partial charge in [0.15, 0.2) is 0 Å². The highest BCUT2D eigenvalue weighted by Crippen LogP contribution is 2.33. The minimum Gasteiger partial charge on any atom is -0.453 e. The van der Waals surface area contributed by atoms with Crippen molar-refractivity contribution in [2.75, 3.05) is 30.8 Å². The van der Waals surface area contributed by atoms with E-state index in [2.05, 4.69) is 20.7 Å². The number of alkyl carbamates (subject to hydrolysis) is 1. The molecule has 3 rings (SSSR count). The molecule has 0 aliphatic heterocycles. The minimum absolute atomic E-state index is 0.363. The van der Waals surface area contributed by atoms with Crippen LogP contribution in [0.25, 0.3) is 11.1 Å². The van der Waals surface area contributed by atoms with Gasteiger partial charge in [-0.1, -0.05) is 24.3 Å². The van der Waals surface area contributed by atoms with Crippen LogP contribution in [-0.2, 0) is 10.9 Å². The second kappa shape index (κ2) is 11.4. The maximum atomic E-state index is 13.0. The molecule has 0 heterocycles. The molecule has 0 bridgehead atoms. The lowest BCUT2D eigenvalue weighted by atomic mass is 9.94. The van der Waals surface area contributed by atoms with Gasteiger partial charge in [0, 0.05) is 30.0 Å². The monoisotopic (exact) mass is 485 g/mol. The third kappa shape index (κ3) is 6.99. The van der Waals surface area contributed by atoms with Crippen molar-refractivity contribution in [2.45, 2.75) is 19.5 Å². The maximum absolute atomic E-state index is 13.0. The third-order valence-corrected chi connectivity index (χ3v) is 5.30. The summed E-state index contributed by atoms with van der Waals surface area (Å²) in [7, 11) is 1.31. The molecule has 0 unspecified atom stereocenters. The fraction of sp³-hybridized carbons (Fsp3) is 0.231. The largest absolute Gasteiger partial charge is 0.453 e. The second-order valence-electron chi connectivity index (χ2n) is 7.80. The number of halogens is 3. The van der Waals surface area contributed by atoms with E-state index in [9.17, 15) is 22.8 Å². The van der Waals surface area contributed by atoms with Crippen molar-refractivity contribution in [1.29, 1.82) is 0 Å². The van der Waals surface area contributed by atoms with Crippen molar-refractivity contribution in [3.05, 3.63) is 83.4 Å².